The van der Waals surface area contributed by atoms with Crippen LogP contribution in [0.5, 0.6) is 0 Å². The third-order valence-corrected chi connectivity index (χ3v) is 8.18. The number of benzene rings is 2. The summed E-state index contributed by atoms with van der Waals surface area (Å²) in [5, 5.41) is 11.3. The monoisotopic (exact) mass is 551 g/mol. The van der Waals surface area contributed by atoms with Gasteiger partial charge in [-0.3, -0.25) is 9.20 Å². The maximum absolute atomic E-state index is 13.3. The van der Waals surface area contributed by atoms with Crippen LogP contribution in [0.25, 0.3) is 16.8 Å². The summed E-state index contributed by atoms with van der Waals surface area (Å²) in [5.41, 5.74) is 5.41. The summed E-state index contributed by atoms with van der Waals surface area (Å²) < 4.78 is 76.7. The third kappa shape index (κ3) is 3.80. The number of anilines is 1. The molecular formula is C30H28F3N5O2. The van der Waals surface area contributed by atoms with Crippen molar-refractivity contribution in [2.75, 3.05) is 12.3 Å². The molecule has 4 heterocycles. The minimum absolute atomic E-state index is 0.0693. The Morgan fingerprint density at radius 3 is 2.65 bits per heavy atom. The molecule has 0 spiro atoms. The van der Waals surface area contributed by atoms with E-state index in [-0.39, 0.29) is 24.2 Å². The fourth-order valence-corrected chi connectivity index (χ4v) is 5.89. The molecule has 2 aromatic carbocycles. The minimum atomic E-state index is -4.56. The number of aliphatic hydroxyl groups is 1. The van der Waals surface area contributed by atoms with Crippen molar-refractivity contribution in [3.05, 3.63) is 83.4 Å². The zero-order chi connectivity index (χ0) is 31.6. The number of imidazole rings is 1. The van der Waals surface area contributed by atoms with Gasteiger partial charge < -0.3 is 15.7 Å². The second-order valence-electron chi connectivity index (χ2n) is 10.6. The van der Waals surface area contributed by atoms with Crippen LogP contribution in [0.15, 0.2) is 60.9 Å². The summed E-state index contributed by atoms with van der Waals surface area (Å²) in [6.45, 7) is 0.174. The van der Waals surface area contributed by atoms with E-state index in [4.69, 9.17) is 16.2 Å². The molecule has 7 nitrogen and oxygen atoms in total. The van der Waals surface area contributed by atoms with Crippen LogP contribution in [0, 0.1) is 11.8 Å². The first-order valence-corrected chi connectivity index (χ1v) is 12.9. The van der Waals surface area contributed by atoms with Gasteiger partial charge >= 0.3 is 6.18 Å². The summed E-state index contributed by atoms with van der Waals surface area (Å²) in [4.78, 5) is 23.4. The van der Waals surface area contributed by atoms with Crippen molar-refractivity contribution in [2.24, 2.45) is 11.8 Å². The number of nitrogens with zero attached hydrogens (tertiary/aromatic N) is 4. The Hall–Kier alpha value is -3.92. The highest BCUT2D eigenvalue weighted by Crippen LogP contribution is 2.54. The summed E-state index contributed by atoms with van der Waals surface area (Å²) in [7, 11) is 0. The Morgan fingerprint density at radius 2 is 1.90 bits per heavy atom. The van der Waals surface area contributed by atoms with Crippen molar-refractivity contribution in [3.8, 4) is 11.3 Å². The SMILES string of the molecule is [2H]C1CC2N(C(=O)C3([2H])CC23[2H])C([2H])C1c1nc(-c2ccc([C@@](C)(O)c3cccc(C(F)(F)F)c3)cc2)c2c(N)nccn12. The van der Waals surface area contributed by atoms with Crippen molar-refractivity contribution in [2.45, 2.75) is 49.9 Å². The molecule has 3 aliphatic rings. The first kappa shape index (κ1) is 20.9. The van der Waals surface area contributed by atoms with Crippen molar-refractivity contribution < 1.29 is 28.6 Å². The highest BCUT2D eigenvalue weighted by Gasteiger charge is 2.59. The van der Waals surface area contributed by atoms with E-state index in [1.54, 1.807) is 34.9 Å². The standard InChI is InChI=1S/C30H28F3N5O2/c1-29(40,19-3-2-4-20(13-19)30(31,32)33)18-8-5-16(6-9-18)24-25-26(34)35-11-12-37(25)27(36-24)17-7-10-23-21-14-22(21)28(39)38(23)15-17/h2-6,8-9,11-13,17,21-23,40H,7,10,14-15H2,1H3,(H2,34,35)/t17?,21?,22?,23?,29-/m1/s1/i7D,15D,21D,22D/t7?,15?,17?,21?,22?,23?,29-. The topological polar surface area (TPSA) is 96.8 Å². The number of hydrogen-bond acceptors (Lipinski definition) is 5. The molecule has 10 heteroatoms. The normalized spacial score (nSPS) is 34.3. The quantitative estimate of drug-likeness (QED) is 0.373. The lowest BCUT2D eigenvalue weighted by Gasteiger charge is -2.36. The molecule has 1 amide bonds. The van der Waals surface area contributed by atoms with Crippen molar-refractivity contribution in [3.63, 3.8) is 0 Å². The van der Waals surface area contributed by atoms with Gasteiger partial charge in [0.25, 0.3) is 0 Å². The van der Waals surface area contributed by atoms with Crippen molar-refractivity contribution in [1.29, 1.82) is 0 Å². The molecule has 7 atom stereocenters. The molecule has 1 aliphatic carbocycles. The van der Waals surface area contributed by atoms with Gasteiger partial charge in [0.2, 0.25) is 5.91 Å². The Kier molecular flexibility index (Phi) is 4.46. The molecule has 0 radical (unpaired) electrons. The average molecular weight is 552 g/mol. The summed E-state index contributed by atoms with van der Waals surface area (Å²) >= 11 is 0. The van der Waals surface area contributed by atoms with Crippen molar-refractivity contribution in [1.82, 2.24) is 19.3 Å². The third-order valence-electron chi connectivity index (χ3n) is 8.18. The van der Waals surface area contributed by atoms with Gasteiger partial charge in [-0.05, 0) is 55.3 Å². The number of nitrogen functional groups attached to an aromatic ring is 1. The largest absolute Gasteiger partial charge is 0.416 e. The first-order valence-electron chi connectivity index (χ1n) is 15.1. The Labute approximate surface area is 234 Å². The van der Waals surface area contributed by atoms with Crippen LogP contribution < -0.4 is 5.73 Å². The van der Waals surface area contributed by atoms with Gasteiger partial charge in [-0.2, -0.15) is 13.2 Å². The number of alkyl halides is 3. The summed E-state index contributed by atoms with van der Waals surface area (Å²) in [6, 6.07) is 10.3. The maximum Gasteiger partial charge on any atom is 0.416 e. The molecule has 2 saturated heterocycles. The number of nitrogens with two attached hydrogens (primary N) is 1. The van der Waals surface area contributed by atoms with Crippen LogP contribution in [-0.2, 0) is 16.6 Å². The zero-order valence-electron chi connectivity index (χ0n) is 25.4. The van der Waals surface area contributed by atoms with E-state index in [9.17, 15) is 23.1 Å². The fourth-order valence-electron chi connectivity index (χ4n) is 5.89. The lowest BCUT2D eigenvalue weighted by atomic mass is 9.87. The van der Waals surface area contributed by atoms with E-state index in [1.165, 1.54) is 30.2 Å². The van der Waals surface area contributed by atoms with Crippen LogP contribution in [0.3, 0.4) is 0 Å². The van der Waals surface area contributed by atoms with Crippen LogP contribution >= 0.6 is 0 Å². The van der Waals surface area contributed by atoms with Crippen LogP contribution in [0.4, 0.5) is 19.0 Å². The van der Waals surface area contributed by atoms with E-state index >= 15 is 0 Å². The number of aromatic nitrogens is 3. The Balaban J connectivity index is 1.27. The summed E-state index contributed by atoms with van der Waals surface area (Å²) in [5.74, 6) is -3.86. The smallest absolute Gasteiger partial charge is 0.382 e. The number of hydrogen-bond donors (Lipinski definition) is 2. The number of fused-ring (bicyclic) bond motifs is 4. The maximum atomic E-state index is 13.3. The van der Waals surface area contributed by atoms with E-state index in [2.05, 4.69) is 4.98 Å². The molecule has 1 saturated carbocycles. The van der Waals surface area contributed by atoms with Gasteiger partial charge in [-0.15, -0.1) is 0 Å². The molecular weight excluding hydrogens is 519 g/mol. The average Bonchev–Trinajstić information content (AvgIpc) is 3.28. The summed E-state index contributed by atoms with van der Waals surface area (Å²) in [6.07, 6.45) is -2.12. The molecule has 40 heavy (non-hydrogen) atoms. The minimum Gasteiger partial charge on any atom is -0.382 e. The molecule has 2 aromatic heterocycles. The Morgan fingerprint density at radius 1 is 1.15 bits per heavy atom. The number of rotatable bonds is 4. The number of amides is 1. The second-order valence-corrected chi connectivity index (χ2v) is 10.6. The number of carbonyl (C=O) groups excluding carboxylic acids is 1. The van der Waals surface area contributed by atoms with Crippen LogP contribution in [0.1, 0.15) is 60.1 Å². The van der Waals surface area contributed by atoms with Gasteiger partial charge in [-0.1, -0.05) is 36.4 Å². The van der Waals surface area contributed by atoms with Crippen molar-refractivity contribution >= 4 is 17.2 Å². The van der Waals surface area contributed by atoms with Gasteiger partial charge in [0.1, 0.15) is 28.5 Å². The molecule has 6 unspecified atom stereocenters. The predicted octanol–water partition coefficient (Wildman–Crippen LogP) is 4.98. The second kappa shape index (κ2) is 8.54. The lowest BCUT2D eigenvalue weighted by molar-refractivity contribution is -0.137. The zero-order valence-corrected chi connectivity index (χ0v) is 21.4. The predicted molar refractivity (Wildman–Crippen MR) is 142 cm³/mol. The van der Waals surface area contributed by atoms with E-state index in [0.29, 0.717) is 28.2 Å². The Bertz CT molecular complexity index is 1830. The van der Waals surface area contributed by atoms with Gasteiger partial charge in [0.15, 0.2) is 0 Å². The molecule has 0 bridgehead atoms. The lowest BCUT2D eigenvalue weighted by Crippen LogP contribution is -2.43. The number of piperidine rings is 2. The van der Waals surface area contributed by atoms with Gasteiger partial charge in [0, 0.05) is 46.4 Å². The molecule has 2 aliphatic heterocycles. The van der Waals surface area contributed by atoms with E-state index < -0.39 is 59.9 Å². The number of carbonyl (C=O) groups is 1. The molecule has 3 fully saturated rings. The molecule has 4 aromatic rings. The van der Waals surface area contributed by atoms with Crippen LogP contribution in [-0.4, -0.2) is 42.8 Å². The van der Waals surface area contributed by atoms with E-state index in [0.717, 1.165) is 12.1 Å². The molecule has 3 N–H and O–H groups in total. The first-order chi connectivity index (χ1) is 20.6. The van der Waals surface area contributed by atoms with E-state index in [1.807, 2.05) is 0 Å². The highest BCUT2D eigenvalue weighted by molar-refractivity contribution is 5.86. The van der Waals surface area contributed by atoms with Crippen LogP contribution in [0.2, 0.25) is 0 Å². The van der Waals surface area contributed by atoms with Gasteiger partial charge in [0.05, 0.1) is 6.93 Å². The highest BCUT2D eigenvalue weighted by atomic mass is 19.4. The molecule has 7 rings (SSSR count). The molecule has 206 valence electrons. The number of halogens is 3. The fraction of sp³-hybridized carbons (Fsp3) is 0.367. The van der Waals surface area contributed by atoms with Gasteiger partial charge in [-0.25, -0.2) is 9.97 Å².